The van der Waals surface area contributed by atoms with E-state index in [0.717, 1.165) is 38.0 Å². The Morgan fingerprint density at radius 1 is 1.58 bits per heavy atom. The zero-order valence-electron chi connectivity index (χ0n) is 11.7. The first kappa shape index (κ1) is 15.1. The summed E-state index contributed by atoms with van der Waals surface area (Å²) >= 11 is 3.91. The average molecular weight is 301 g/mol. The number of methoxy groups -OCH3 is 1. The van der Waals surface area contributed by atoms with E-state index >= 15 is 0 Å². The summed E-state index contributed by atoms with van der Waals surface area (Å²) in [5.74, 6) is 1.22. The largest absolute Gasteiger partial charge is 0.383 e. The molecule has 1 N–H and O–H groups in total. The van der Waals surface area contributed by atoms with Crippen molar-refractivity contribution in [2.24, 2.45) is 0 Å². The van der Waals surface area contributed by atoms with Crippen LogP contribution in [0.2, 0.25) is 0 Å². The molecule has 1 aliphatic heterocycles. The van der Waals surface area contributed by atoms with E-state index in [1.807, 2.05) is 17.5 Å². The third kappa shape index (κ3) is 4.63. The summed E-state index contributed by atoms with van der Waals surface area (Å²) in [6, 6.07) is 0. The lowest BCUT2D eigenvalue weighted by Crippen LogP contribution is -2.37. The molecule has 2 rings (SSSR count). The van der Waals surface area contributed by atoms with Crippen molar-refractivity contribution in [1.29, 1.82) is 0 Å². The zero-order valence-corrected chi connectivity index (χ0v) is 13.4. The highest BCUT2D eigenvalue weighted by Crippen LogP contribution is 2.28. The molecule has 1 atom stereocenters. The van der Waals surface area contributed by atoms with Crippen LogP contribution in [0, 0.1) is 0 Å². The molecule has 1 saturated heterocycles. The van der Waals surface area contributed by atoms with Crippen molar-refractivity contribution in [2.75, 3.05) is 44.0 Å². The lowest BCUT2D eigenvalue weighted by Gasteiger charge is -2.31. The number of ether oxygens (including phenoxy) is 1. The molecule has 0 aliphatic carbocycles. The Balaban J connectivity index is 1.82. The molecule has 108 valence electrons. The van der Waals surface area contributed by atoms with E-state index in [9.17, 15) is 0 Å². The minimum absolute atomic E-state index is 0.757. The zero-order chi connectivity index (χ0) is 13.5. The van der Waals surface area contributed by atoms with Gasteiger partial charge < -0.3 is 15.0 Å². The third-order valence-corrected chi connectivity index (χ3v) is 5.62. The summed E-state index contributed by atoms with van der Waals surface area (Å²) < 4.78 is 5.02. The fraction of sp³-hybridized carbons (Fsp3) is 0.769. The molecule has 1 aromatic heterocycles. The van der Waals surface area contributed by atoms with Gasteiger partial charge in [0.25, 0.3) is 0 Å². The molecule has 0 amide bonds. The Bertz CT molecular complexity index is 373. The molecule has 1 fully saturated rings. The minimum atomic E-state index is 0.757. The SMILES string of the molecule is CCC1CN(c2ncc(CNCCOC)s2)CCS1. The van der Waals surface area contributed by atoms with E-state index in [1.54, 1.807) is 7.11 Å². The number of nitrogens with zero attached hydrogens (tertiary/aromatic N) is 2. The number of hydrogen-bond acceptors (Lipinski definition) is 6. The second kappa shape index (κ2) is 8.09. The van der Waals surface area contributed by atoms with Gasteiger partial charge in [-0.2, -0.15) is 11.8 Å². The molecule has 2 heterocycles. The van der Waals surface area contributed by atoms with Crippen molar-refractivity contribution in [2.45, 2.75) is 25.1 Å². The predicted octanol–water partition coefficient (Wildman–Crippen LogP) is 2.21. The van der Waals surface area contributed by atoms with Crippen LogP contribution in [0.15, 0.2) is 6.20 Å². The molecule has 1 unspecified atom stereocenters. The van der Waals surface area contributed by atoms with E-state index in [2.05, 4.69) is 33.9 Å². The molecular formula is C13H23N3OS2. The molecule has 4 nitrogen and oxygen atoms in total. The summed E-state index contributed by atoms with van der Waals surface area (Å²) in [6.07, 6.45) is 3.25. The first-order valence-electron chi connectivity index (χ1n) is 6.84. The molecule has 0 saturated carbocycles. The number of thiazole rings is 1. The highest BCUT2D eigenvalue weighted by Gasteiger charge is 2.21. The Labute approximate surface area is 123 Å². The topological polar surface area (TPSA) is 37.4 Å². The molecular weight excluding hydrogens is 278 g/mol. The molecule has 0 bridgehead atoms. The second-order valence-corrected chi connectivity index (χ2v) is 7.13. The van der Waals surface area contributed by atoms with Gasteiger partial charge >= 0.3 is 0 Å². The first-order valence-corrected chi connectivity index (χ1v) is 8.71. The summed E-state index contributed by atoms with van der Waals surface area (Å²) in [5.41, 5.74) is 0. The molecule has 0 spiro atoms. The monoisotopic (exact) mass is 301 g/mol. The molecule has 1 aromatic rings. The van der Waals surface area contributed by atoms with Gasteiger partial charge in [-0.25, -0.2) is 4.98 Å². The highest BCUT2D eigenvalue weighted by atomic mass is 32.2. The van der Waals surface area contributed by atoms with Crippen molar-refractivity contribution in [3.05, 3.63) is 11.1 Å². The van der Waals surface area contributed by atoms with E-state index in [-0.39, 0.29) is 0 Å². The summed E-state index contributed by atoms with van der Waals surface area (Å²) in [4.78, 5) is 8.31. The van der Waals surface area contributed by atoms with Crippen LogP contribution in [0.25, 0.3) is 0 Å². The summed E-state index contributed by atoms with van der Waals surface area (Å²) in [7, 11) is 1.73. The Hall–Kier alpha value is -0.300. The Morgan fingerprint density at radius 2 is 2.47 bits per heavy atom. The van der Waals surface area contributed by atoms with Crippen molar-refractivity contribution in [1.82, 2.24) is 10.3 Å². The van der Waals surface area contributed by atoms with Gasteiger partial charge in [0.05, 0.1) is 6.61 Å². The third-order valence-electron chi connectivity index (χ3n) is 3.19. The van der Waals surface area contributed by atoms with Gasteiger partial charge in [0, 0.05) is 55.4 Å². The van der Waals surface area contributed by atoms with E-state index < -0.39 is 0 Å². The highest BCUT2D eigenvalue weighted by molar-refractivity contribution is 8.00. The predicted molar refractivity (Wildman–Crippen MR) is 84.4 cm³/mol. The Morgan fingerprint density at radius 3 is 3.26 bits per heavy atom. The standard InChI is InChI=1S/C13H23N3OS2/c1-3-11-10-16(5-7-18-11)13-15-9-12(19-13)8-14-4-6-17-2/h9,11,14H,3-8,10H2,1-2H3. The van der Waals surface area contributed by atoms with E-state index in [1.165, 1.54) is 22.2 Å². The summed E-state index contributed by atoms with van der Waals surface area (Å²) in [5, 5.41) is 5.31. The Kier molecular flexibility index (Phi) is 6.43. The second-order valence-electron chi connectivity index (χ2n) is 4.63. The van der Waals surface area contributed by atoms with Crippen LogP contribution in [0.4, 0.5) is 5.13 Å². The molecule has 6 heteroatoms. The number of hydrogen-bond donors (Lipinski definition) is 1. The molecule has 0 aromatic carbocycles. The summed E-state index contributed by atoms with van der Waals surface area (Å²) in [6.45, 7) is 7.08. The van der Waals surface area contributed by atoms with Crippen molar-refractivity contribution >= 4 is 28.2 Å². The van der Waals surface area contributed by atoms with Crippen LogP contribution >= 0.6 is 23.1 Å². The maximum absolute atomic E-state index is 5.02. The number of nitrogens with one attached hydrogen (secondary N) is 1. The number of rotatable bonds is 7. The lowest BCUT2D eigenvalue weighted by molar-refractivity contribution is 0.199. The normalized spacial score (nSPS) is 19.9. The van der Waals surface area contributed by atoms with E-state index in [0.29, 0.717) is 0 Å². The minimum Gasteiger partial charge on any atom is -0.383 e. The van der Waals surface area contributed by atoms with Gasteiger partial charge in [-0.3, -0.25) is 0 Å². The van der Waals surface area contributed by atoms with Crippen LogP contribution in [-0.4, -0.2) is 49.3 Å². The quantitative estimate of drug-likeness (QED) is 0.782. The maximum Gasteiger partial charge on any atom is 0.185 e. The van der Waals surface area contributed by atoms with Gasteiger partial charge in [-0.05, 0) is 6.42 Å². The molecule has 1 aliphatic rings. The van der Waals surface area contributed by atoms with Crippen LogP contribution < -0.4 is 10.2 Å². The fourth-order valence-corrected chi connectivity index (χ4v) is 4.15. The number of aromatic nitrogens is 1. The number of thioether (sulfide) groups is 1. The molecule has 0 radical (unpaired) electrons. The fourth-order valence-electron chi connectivity index (χ4n) is 2.05. The van der Waals surface area contributed by atoms with Crippen molar-refractivity contribution < 1.29 is 4.74 Å². The van der Waals surface area contributed by atoms with Gasteiger partial charge in [-0.1, -0.05) is 6.92 Å². The molecule has 19 heavy (non-hydrogen) atoms. The van der Waals surface area contributed by atoms with Crippen molar-refractivity contribution in [3.8, 4) is 0 Å². The van der Waals surface area contributed by atoms with Crippen LogP contribution in [0.5, 0.6) is 0 Å². The number of anilines is 1. The van der Waals surface area contributed by atoms with Gasteiger partial charge in [0.1, 0.15) is 0 Å². The van der Waals surface area contributed by atoms with Gasteiger partial charge in [-0.15, -0.1) is 11.3 Å². The van der Waals surface area contributed by atoms with Crippen LogP contribution in [0.3, 0.4) is 0 Å². The lowest BCUT2D eigenvalue weighted by atomic mass is 10.3. The average Bonchev–Trinajstić information content (AvgIpc) is 2.92. The van der Waals surface area contributed by atoms with E-state index in [4.69, 9.17) is 4.74 Å². The maximum atomic E-state index is 5.02. The first-order chi connectivity index (χ1) is 9.33. The van der Waals surface area contributed by atoms with Crippen molar-refractivity contribution in [3.63, 3.8) is 0 Å². The van der Waals surface area contributed by atoms with Gasteiger partial charge in [0.2, 0.25) is 0 Å². The van der Waals surface area contributed by atoms with Gasteiger partial charge in [0.15, 0.2) is 5.13 Å². The van der Waals surface area contributed by atoms with Crippen LogP contribution in [-0.2, 0) is 11.3 Å². The van der Waals surface area contributed by atoms with Crippen LogP contribution in [0.1, 0.15) is 18.2 Å². The smallest absolute Gasteiger partial charge is 0.185 e.